The molecule has 0 fully saturated rings. The first-order valence-electron chi connectivity index (χ1n) is 3.00. The fraction of sp³-hybridized carbons (Fsp3) is 0.250. The van der Waals surface area contributed by atoms with E-state index in [9.17, 15) is 0 Å². The van der Waals surface area contributed by atoms with E-state index >= 15 is 0 Å². The molecule has 0 atom stereocenters. The van der Waals surface area contributed by atoms with Crippen molar-refractivity contribution in [1.82, 2.24) is 0 Å². The van der Waals surface area contributed by atoms with Crippen molar-refractivity contribution in [2.24, 2.45) is 0 Å². The van der Waals surface area contributed by atoms with E-state index in [2.05, 4.69) is 34.0 Å². The molecule has 0 N–H and O–H groups in total. The lowest BCUT2D eigenvalue weighted by Crippen LogP contribution is -1.73. The van der Waals surface area contributed by atoms with Crippen LogP contribution in [0.3, 0.4) is 0 Å². The first kappa shape index (κ1) is 7.84. The minimum absolute atomic E-state index is 0.840. The highest BCUT2D eigenvalue weighted by atomic mass is 79.9. The summed E-state index contributed by atoms with van der Waals surface area (Å²) in [7, 11) is 0. The second-order valence-electron chi connectivity index (χ2n) is 1.91. The summed E-state index contributed by atoms with van der Waals surface area (Å²) in [4.78, 5) is 1.35. The van der Waals surface area contributed by atoms with E-state index in [-0.39, 0.29) is 0 Å². The van der Waals surface area contributed by atoms with E-state index < -0.39 is 0 Å². The summed E-state index contributed by atoms with van der Waals surface area (Å²) >= 11 is 5.14. The molecule has 1 aromatic rings. The maximum Gasteiger partial charge on any atom is 0.0701 e. The van der Waals surface area contributed by atoms with Crippen LogP contribution in [0.2, 0.25) is 0 Å². The molecular weight excluding hydrogens is 208 g/mol. The van der Waals surface area contributed by atoms with Gasteiger partial charge in [-0.2, -0.15) is 0 Å². The van der Waals surface area contributed by atoms with Gasteiger partial charge in [0.25, 0.3) is 0 Å². The molecule has 1 rings (SSSR count). The largest absolute Gasteiger partial charge is 0.133 e. The number of hydrogen-bond donors (Lipinski definition) is 0. The first-order chi connectivity index (χ1) is 4.83. The van der Waals surface area contributed by atoms with E-state index in [1.165, 1.54) is 8.66 Å². The van der Waals surface area contributed by atoms with Crippen molar-refractivity contribution < 1.29 is 0 Å². The molecule has 0 aliphatic rings. The third-order valence-electron chi connectivity index (χ3n) is 1.14. The monoisotopic (exact) mass is 214 g/mol. The first-order valence-corrected chi connectivity index (χ1v) is 4.61. The molecule has 2 heteroatoms. The van der Waals surface area contributed by atoms with E-state index in [0.717, 1.165) is 12.8 Å². The van der Waals surface area contributed by atoms with E-state index in [1.54, 1.807) is 11.3 Å². The maximum atomic E-state index is 5.13. The average Bonchev–Trinajstić information content (AvgIpc) is 2.31. The second kappa shape index (κ2) is 3.80. The van der Waals surface area contributed by atoms with Crippen molar-refractivity contribution in [1.29, 1.82) is 0 Å². The number of rotatable bonds is 2. The third-order valence-corrected chi connectivity index (χ3v) is 2.83. The number of halogens is 1. The minimum Gasteiger partial charge on any atom is -0.133 e. The highest BCUT2D eigenvalue weighted by molar-refractivity contribution is 9.11. The van der Waals surface area contributed by atoms with Crippen LogP contribution >= 0.6 is 27.3 Å². The smallest absolute Gasteiger partial charge is 0.0701 e. The number of thiophene rings is 1. The molecule has 0 unspecified atom stereocenters. The Kier molecular flexibility index (Phi) is 2.98. The summed E-state index contributed by atoms with van der Waals surface area (Å²) in [6, 6.07) is 4.16. The molecule has 0 bridgehead atoms. The van der Waals surface area contributed by atoms with Gasteiger partial charge in [-0.15, -0.1) is 23.7 Å². The molecule has 0 nitrogen and oxygen atoms in total. The third kappa shape index (κ3) is 2.17. The Labute approximate surface area is 73.4 Å². The van der Waals surface area contributed by atoms with Gasteiger partial charge < -0.3 is 0 Å². The fourth-order valence-electron chi connectivity index (χ4n) is 0.681. The van der Waals surface area contributed by atoms with Crippen molar-refractivity contribution in [3.63, 3.8) is 0 Å². The van der Waals surface area contributed by atoms with Crippen LogP contribution in [-0.4, -0.2) is 0 Å². The molecule has 0 aliphatic heterocycles. The van der Waals surface area contributed by atoms with Gasteiger partial charge in [-0.05, 0) is 34.5 Å². The molecule has 0 saturated heterocycles. The Morgan fingerprint density at radius 3 is 2.90 bits per heavy atom. The van der Waals surface area contributed by atoms with Gasteiger partial charge in [0.15, 0.2) is 0 Å². The van der Waals surface area contributed by atoms with Crippen LogP contribution in [0.1, 0.15) is 11.3 Å². The van der Waals surface area contributed by atoms with Gasteiger partial charge in [-0.1, -0.05) is 0 Å². The molecule has 0 spiro atoms. The van der Waals surface area contributed by atoms with Crippen molar-refractivity contribution in [2.45, 2.75) is 12.8 Å². The van der Waals surface area contributed by atoms with Crippen molar-refractivity contribution in [3.8, 4) is 12.3 Å². The van der Waals surface area contributed by atoms with Crippen LogP contribution < -0.4 is 0 Å². The van der Waals surface area contributed by atoms with Gasteiger partial charge >= 0.3 is 0 Å². The number of terminal acetylenes is 1. The Morgan fingerprint density at radius 2 is 2.40 bits per heavy atom. The van der Waals surface area contributed by atoms with Crippen LogP contribution in [0.4, 0.5) is 0 Å². The molecule has 0 aromatic carbocycles. The van der Waals surface area contributed by atoms with Gasteiger partial charge in [-0.3, -0.25) is 0 Å². The van der Waals surface area contributed by atoms with Crippen LogP contribution in [0.15, 0.2) is 15.9 Å². The lowest BCUT2D eigenvalue weighted by atomic mass is 10.3. The van der Waals surface area contributed by atoms with E-state index in [4.69, 9.17) is 6.42 Å². The molecule has 0 aliphatic carbocycles. The van der Waals surface area contributed by atoms with Crippen LogP contribution in [0.25, 0.3) is 0 Å². The zero-order valence-corrected chi connectivity index (χ0v) is 7.83. The highest BCUT2D eigenvalue weighted by Gasteiger charge is 1.94. The van der Waals surface area contributed by atoms with Crippen molar-refractivity contribution in [3.05, 3.63) is 20.8 Å². The minimum atomic E-state index is 0.840. The lowest BCUT2D eigenvalue weighted by molar-refractivity contribution is 1.06. The van der Waals surface area contributed by atoms with E-state index in [1.807, 2.05) is 0 Å². The molecule has 10 heavy (non-hydrogen) atoms. The standard InChI is InChI=1S/C8H7BrS/c1-2-3-4-7-5-6-8(9)10-7/h1,5-6H,3-4H2. The summed E-state index contributed by atoms with van der Waals surface area (Å²) in [6.07, 6.45) is 6.97. The number of hydrogen-bond acceptors (Lipinski definition) is 1. The zero-order valence-electron chi connectivity index (χ0n) is 5.43. The van der Waals surface area contributed by atoms with Gasteiger partial charge in [0, 0.05) is 11.3 Å². The normalized spacial score (nSPS) is 9.20. The molecule has 0 saturated carbocycles. The molecular formula is C8H7BrS. The molecule has 52 valence electrons. The maximum absolute atomic E-state index is 5.13. The predicted molar refractivity (Wildman–Crippen MR) is 49.2 cm³/mol. The van der Waals surface area contributed by atoms with Crippen LogP contribution in [0.5, 0.6) is 0 Å². The zero-order chi connectivity index (χ0) is 7.40. The Morgan fingerprint density at radius 1 is 1.60 bits per heavy atom. The van der Waals surface area contributed by atoms with Crippen molar-refractivity contribution >= 4 is 27.3 Å². The Balaban J connectivity index is 2.52. The summed E-state index contributed by atoms with van der Waals surface area (Å²) in [5.41, 5.74) is 0. The van der Waals surface area contributed by atoms with Gasteiger partial charge in [0.1, 0.15) is 0 Å². The Hall–Kier alpha value is -0.260. The van der Waals surface area contributed by atoms with Crippen LogP contribution in [0, 0.1) is 12.3 Å². The fourth-order valence-corrected chi connectivity index (χ4v) is 2.16. The molecule has 0 radical (unpaired) electrons. The summed E-state index contributed by atoms with van der Waals surface area (Å²) in [5.74, 6) is 2.62. The highest BCUT2D eigenvalue weighted by Crippen LogP contribution is 2.22. The van der Waals surface area contributed by atoms with Crippen LogP contribution in [-0.2, 0) is 6.42 Å². The quantitative estimate of drug-likeness (QED) is 0.665. The van der Waals surface area contributed by atoms with Gasteiger partial charge in [-0.25, -0.2) is 0 Å². The summed E-state index contributed by atoms with van der Waals surface area (Å²) in [5, 5.41) is 0. The lowest BCUT2D eigenvalue weighted by Gasteiger charge is -1.86. The summed E-state index contributed by atoms with van der Waals surface area (Å²) in [6.45, 7) is 0. The summed E-state index contributed by atoms with van der Waals surface area (Å²) < 4.78 is 1.18. The Bertz CT molecular complexity index is 244. The molecule has 1 heterocycles. The topological polar surface area (TPSA) is 0 Å². The van der Waals surface area contributed by atoms with Gasteiger partial charge in [0.05, 0.1) is 3.79 Å². The average molecular weight is 215 g/mol. The second-order valence-corrected chi connectivity index (χ2v) is 4.46. The molecule has 1 aromatic heterocycles. The number of aryl methyl sites for hydroxylation is 1. The van der Waals surface area contributed by atoms with Crippen molar-refractivity contribution in [2.75, 3.05) is 0 Å². The predicted octanol–water partition coefficient (Wildman–Crippen LogP) is 3.08. The molecule has 0 amide bonds. The van der Waals surface area contributed by atoms with Gasteiger partial charge in [0.2, 0.25) is 0 Å². The SMILES string of the molecule is C#CCCc1ccc(Br)s1. The van der Waals surface area contributed by atoms with E-state index in [0.29, 0.717) is 0 Å².